The van der Waals surface area contributed by atoms with Crippen LogP contribution in [0.15, 0.2) is 18.2 Å². The lowest BCUT2D eigenvalue weighted by Crippen LogP contribution is -2.46. The molecule has 1 atom stereocenters. The molecule has 3 rings (SSSR count). The van der Waals surface area contributed by atoms with Crippen molar-refractivity contribution in [2.45, 2.75) is 51.5 Å². The van der Waals surface area contributed by atoms with Crippen molar-refractivity contribution in [2.24, 2.45) is 11.7 Å². The van der Waals surface area contributed by atoms with Crippen molar-refractivity contribution in [3.63, 3.8) is 0 Å². The van der Waals surface area contributed by atoms with E-state index in [1.807, 2.05) is 6.92 Å². The monoisotopic (exact) mass is 415 g/mol. The van der Waals surface area contributed by atoms with Crippen molar-refractivity contribution in [2.75, 3.05) is 23.1 Å². The molecule has 0 aromatic heterocycles. The minimum absolute atomic E-state index is 0. The Labute approximate surface area is 168 Å². The molecule has 3 N–H and O–H groups in total. The molecule has 0 radical (unpaired) electrons. The second-order valence-corrected chi connectivity index (χ2v) is 9.47. The predicted octanol–water partition coefficient (Wildman–Crippen LogP) is 2.59. The molecular weight excluding hydrogens is 386 g/mol. The van der Waals surface area contributed by atoms with Crippen LogP contribution in [-0.2, 0) is 10.0 Å². The molecule has 1 saturated carbocycles. The second-order valence-electron chi connectivity index (χ2n) is 7.45. The number of carbonyl (C=O) groups excluding carboxylic acids is 1. The summed E-state index contributed by atoms with van der Waals surface area (Å²) < 4.78 is 25.6. The van der Waals surface area contributed by atoms with E-state index in [-0.39, 0.29) is 30.1 Å². The molecule has 0 bridgehead atoms. The van der Waals surface area contributed by atoms with Crippen molar-refractivity contribution < 1.29 is 13.2 Å². The number of halogens is 1. The van der Waals surface area contributed by atoms with Crippen molar-refractivity contribution in [1.29, 1.82) is 0 Å². The topological polar surface area (TPSA) is 92.5 Å². The van der Waals surface area contributed by atoms with Gasteiger partial charge in [-0.3, -0.25) is 9.10 Å². The molecule has 152 valence electrons. The predicted molar refractivity (Wildman–Crippen MR) is 111 cm³/mol. The molecule has 1 saturated heterocycles. The first-order chi connectivity index (χ1) is 12.4. The number of amides is 1. The lowest BCUT2D eigenvalue weighted by Gasteiger charge is -2.30. The molecule has 1 aromatic carbocycles. The number of rotatable bonds is 5. The number of sulfonamides is 1. The van der Waals surface area contributed by atoms with Crippen LogP contribution in [0.4, 0.5) is 5.69 Å². The normalized spacial score (nSPS) is 20.7. The number of hydrogen-bond donors (Lipinski definition) is 2. The number of aryl methyl sites for hydroxylation is 1. The third-order valence-electron chi connectivity index (χ3n) is 5.63. The second kappa shape index (κ2) is 9.26. The Morgan fingerprint density at radius 3 is 2.52 bits per heavy atom. The van der Waals surface area contributed by atoms with E-state index in [1.165, 1.54) is 23.6 Å². The highest BCUT2D eigenvalue weighted by atomic mass is 35.5. The van der Waals surface area contributed by atoms with Crippen molar-refractivity contribution >= 4 is 34.0 Å². The van der Waals surface area contributed by atoms with Gasteiger partial charge >= 0.3 is 0 Å². The van der Waals surface area contributed by atoms with E-state index >= 15 is 0 Å². The molecular formula is C19H30ClN3O3S. The SMILES string of the molecule is Cc1cc(N2CCCS2(=O)=O)ccc1C(=O)NC(CN)C1CCCCC1.Cl. The van der Waals surface area contributed by atoms with Crippen LogP contribution in [0, 0.1) is 12.8 Å². The number of hydrogen-bond acceptors (Lipinski definition) is 4. The van der Waals surface area contributed by atoms with Gasteiger partial charge in [0.15, 0.2) is 0 Å². The van der Waals surface area contributed by atoms with Crippen molar-refractivity contribution in [3.8, 4) is 0 Å². The van der Waals surface area contributed by atoms with Crippen LogP contribution < -0.4 is 15.4 Å². The van der Waals surface area contributed by atoms with E-state index in [0.717, 1.165) is 18.4 Å². The lowest BCUT2D eigenvalue weighted by atomic mass is 9.83. The van der Waals surface area contributed by atoms with Crippen LogP contribution in [0.25, 0.3) is 0 Å². The first kappa shape index (κ1) is 22.0. The number of nitrogens with one attached hydrogen (secondary N) is 1. The first-order valence-corrected chi connectivity index (χ1v) is 11.2. The number of carbonyl (C=O) groups is 1. The molecule has 1 heterocycles. The van der Waals surface area contributed by atoms with E-state index in [0.29, 0.717) is 36.7 Å². The number of nitrogens with two attached hydrogens (primary N) is 1. The van der Waals surface area contributed by atoms with E-state index in [4.69, 9.17) is 5.73 Å². The molecule has 2 aliphatic rings. The molecule has 1 aliphatic heterocycles. The molecule has 6 nitrogen and oxygen atoms in total. The average molecular weight is 416 g/mol. The highest BCUT2D eigenvalue weighted by Crippen LogP contribution is 2.28. The summed E-state index contributed by atoms with van der Waals surface area (Å²) >= 11 is 0. The zero-order chi connectivity index (χ0) is 18.7. The summed E-state index contributed by atoms with van der Waals surface area (Å²) in [6.07, 6.45) is 6.55. The highest BCUT2D eigenvalue weighted by molar-refractivity contribution is 7.93. The van der Waals surface area contributed by atoms with Crippen LogP contribution >= 0.6 is 12.4 Å². The summed E-state index contributed by atoms with van der Waals surface area (Å²) in [6, 6.07) is 5.24. The van der Waals surface area contributed by atoms with Gasteiger partial charge in [0.05, 0.1) is 11.4 Å². The smallest absolute Gasteiger partial charge is 0.251 e. The van der Waals surface area contributed by atoms with E-state index in [9.17, 15) is 13.2 Å². The fraction of sp³-hybridized carbons (Fsp3) is 0.632. The van der Waals surface area contributed by atoms with Gasteiger partial charge in [-0.25, -0.2) is 8.42 Å². The summed E-state index contributed by atoms with van der Waals surface area (Å²) in [4.78, 5) is 12.7. The van der Waals surface area contributed by atoms with Gasteiger partial charge in [0.25, 0.3) is 5.91 Å². The van der Waals surface area contributed by atoms with Gasteiger partial charge in [-0.15, -0.1) is 12.4 Å². The third kappa shape index (κ3) is 4.95. The average Bonchev–Trinajstić information content (AvgIpc) is 2.99. The zero-order valence-corrected chi connectivity index (χ0v) is 17.4. The van der Waals surface area contributed by atoms with Crippen LogP contribution in [0.2, 0.25) is 0 Å². The summed E-state index contributed by atoms with van der Waals surface area (Å²) in [5.41, 5.74) is 7.92. The van der Waals surface area contributed by atoms with Gasteiger partial charge in [-0.05, 0) is 55.9 Å². The highest BCUT2D eigenvalue weighted by Gasteiger charge is 2.29. The maximum absolute atomic E-state index is 12.7. The number of nitrogens with zero attached hydrogens (tertiary/aromatic N) is 1. The fourth-order valence-electron chi connectivity index (χ4n) is 4.14. The largest absolute Gasteiger partial charge is 0.348 e. The Morgan fingerprint density at radius 1 is 1.26 bits per heavy atom. The first-order valence-electron chi connectivity index (χ1n) is 9.54. The number of anilines is 1. The van der Waals surface area contributed by atoms with Gasteiger partial charge in [-0.2, -0.15) is 0 Å². The minimum Gasteiger partial charge on any atom is -0.348 e. The zero-order valence-electron chi connectivity index (χ0n) is 15.8. The quantitative estimate of drug-likeness (QED) is 0.772. The summed E-state index contributed by atoms with van der Waals surface area (Å²) in [5, 5.41) is 3.10. The Morgan fingerprint density at radius 2 is 1.96 bits per heavy atom. The summed E-state index contributed by atoms with van der Waals surface area (Å²) in [6.45, 7) is 2.79. The Kier molecular flexibility index (Phi) is 7.54. The Bertz CT molecular complexity index is 763. The lowest BCUT2D eigenvalue weighted by molar-refractivity contribution is 0.0915. The van der Waals surface area contributed by atoms with Crippen LogP contribution in [0.5, 0.6) is 0 Å². The molecule has 0 spiro atoms. The third-order valence-corrected chi connectivity index (χ3v) is 7.50. The van der Waals surface area contributed by atoms with Gasteiger partial charge in [-0.1, -0.05) is 19.3 Å². The summed E-state index contributed by atoms with van der Waals surface area (Å²) in [5.74, 6) is 0.514. The fourth-order valence-corrected chi connectivity index (χ4v) is 5.70. The van der Waals surface area contributed by atoms with Crippen molar-refractivity contribution in [3.05, 3.63) is 29.3 Å². The molecule has 2 fully saturated rings. The molecule has 1 unspecified atom stereocenters. The molecule has 1 aromatic rings. The van der Waals surface area contributed by atoms with Gasteiger partial charge in [0, 0.05) is 24.7 Å². The minimum atomic E-state index is -3.21. The Hall–Kier alpha value is -1.31. The molecule has 8 heteroatoms. The van der Waals surface area contributed by atoms with E-state index in [2.05, 4.69) is 5.32 Å². The standard InChI is InChI=1S/C19H29N3O3S.ClH/c1-14-12-16(22-10-5-11-26(22,24)25)8-9-17(14)19(23)21-18(13-20)15-6-3-2-4-7-15;/h8-9,12,15,18H,2-7,10-11,13,20H2,1H3,(H,21,23);1H. The van der Waals surface area contributed by atoms with Crippen LogP contribution in [-0.4, -0.2) is 39.2 Å². The van der Waals surface area contributed by atoms with Crippen LogP contribution in [0.1, 0.15) is 54.4 Å². The molecule has 27 heavy (non-hydrogen) atoms. The van der Waals surface area contributed by atoms with Gasteiger partial charge in [0.2, 0.25) is 10.0 Å². The maximum atomic E-state index is 12.7. The van der Waals surface area contributed by atoms with E-state index in [1.54, 1.807) is 18.2 Å². The van der Waals surface area contributed by atoms with Crippen LogP contribution in [0.3, 0.4) is 0 Å². The van der Waals surface area contributed by atoms with Gasteiger partial charge < -0.3 is 11.1 Å². The summed E-state index contributed by atoms with van der Waals surface area (Å²) in [7, 11) is -3.21. The Balaban J connectivity index is 0.00000261. The van der Waals surface area contributed by atoms with Crippen molar-refractivity contribution in [1.82, 2.24) is 5.32 Å². The maximum Gasteiger partial charge on any atom is 0.251 e. The van der Waals surface area contributed by atoms with E-state index < -0.39 is 10.0 Å². The number of benzene rings is 1. The molecule has 1 amide bonds. The van der Waals surface area contributed by atoms with Gasteiger partial charge in [0.1, 0.15) is 0 Å². The molecule has 1 aliphatic carbocycles.